The lowest BCUT2D eigenvalue weighted by Gasteiger charge is -2.22. The molecule has 32 heteroatoms. The highest BCUT2D eigenvalue weighted by Crippen LogP contribution is 2.36. The van der Waals surface area contributed by atoms with Crippen molar-refractivity contribution in [3.63, 3.8) is 0 Å². The summed E-state index contributed by atoms with van der Waals surface area (Å²) in [6, 6.07) is 67.5. The molecule has 130 heavy (non-hydrogen) atoms. The van der Waals surface area contributed by atoms with Crippen LogP contribution in [0.3, 0.4) is 0 Å². The fourth-order valence-electron chi connectivity index (χ4n) is 16.3. The highest BCUT2D eigenvalue weighted by molar-refractivity contribution is 6.36. The lowest BCUT2D eigenvalue weighted by Crippen LogP contribution is -2.26. The van der Waals surface area contributed by atoms with Gasteiger partial charge in [0.15, 0.2) is 22.6 Å². The molecule has 13 heterocycles. The van der Waals surface area contributed by atoms with Gasteiger partial charge in [-0.15, -0.1) is 0 Å². The Balaban J connectivity index is 0.000000117. The third kappa shape index (κ3) is 16.8. The van der Waals surface area contributed by atoms with Gasteiger partial charge in [0.25, 0.3) is 22.2 Å². The molecule has 0 saturated carbocycles. The van der Waals surface area contributed by atoms with E-state index in [1.807, 2.05) is 213 Å². The van der Waals surface area contributed by atoms with Crippen molar-refractivity contribution < 1.29 is 8.78 Å². The Morgan fingerprint density at radius 2 is 0.708 bits per heavy atom. The summed E-state index contributed by atoms with van der Waals surface area (Å²) in [7, 11) is 1.87. The Kier molecular flexibility index (Phi) is 23.5. The zero-order valence-electron chi connectivity index (χ0n) is 71.0. The maximum absolute atomic E-state index is 14.2. The molecule has 4 N–H and O–H groups in total. The summed E-state index contributed by atoms with van der Waals surface area (Å²) in [4.78, 5) is 77.0. The number of para-hydroxylation sites is 2. The predicted octanol–water partition coefficient (Wildman–Crippen LogP) is 19.8. The van der Waals surface area contributed by atoms with Crippen molar-refractivity contribution in [1.82, 2.24) is 91.4 Å². The van der Waals surface area contributed by atoms with E-state index in [0.717, 1.165) is 95.5 Å². The number of hydrogen-bond acceptors (Lipinski definition) is 18. The average Bonchev–Trinajstić information content (AvgIpc) is 1.05. The third-order valence-corrected chi connectivity index (χ3v) is 23.1. The molecule has 0 unspecified atom stereocenters. The van der Waals surface area contributed by atoms with Gasteiger partial charge in [0.2, 0.25) is 5.95 Å². The summed E-state index contributed by atoms with van der Waals surface area (Å²) in [5.74, 6) is -0.403. The number of rotatable bonds is 17. The van der Waals surface area contributed by atoms with Crippen molar-refractivity contribution in [1.29, 1.82) is 0 Å². The number of nitrogens with zero attached hydrogens (tertiary/aromatic N) is 19. The van der Waals surface area contributed by atoms with Crippen LogP contribution >= 0.6 is 34.8 Å². The van der Waals surface area contributed by atoms with Gasteiger partial charge in [-0.1, -0.05) is 138 Å². The van der Waals surface area contributed by atoms with Crippen molar-refractivity contribution in [2.75, 3.05) is 21.3 Å². The van der Waals surface area contributed by atoms with Crippen molar-refractivity contribution >= 4 is 123 Å². The number of aryl methyl sites for hydroxylation is 4. The standard InChI is InChI=1S/C28H25N7O.C24H19ClFN5O.C24H20ClN5O.C22H16ClFN6O/c1-18-16-34-27(31-18)24(12-13-29-34)32-19(2)25-14-20-8-7-11-23(21-15-30-33(3)17-21)26(20)28(36)35(25)22-9-5-4-6-10-22;1-14-13-30-23(28-14)20(9-10-27-30)29-15(2)21-11-16-5-3-8-19(25)22(16)24(32)31(21)18-7-4-6-17(26)12-18;1-15-14-29-23(27-15)20(11-12-26-29)28-16(2)21-13-17-7-6-10-19(25)22(17)24(31)30(21)18-8-4-3-5-9-18;1-13(28-22-26-12-25-19-8-9-27-30(19)22)18-10-14-4-2-7-17(23)20(14)21(31)29(18)16-6-3-5-15(24)11-16/h4-17,19,32H,1-3H3;3-13,15,29H,1-2H3;3-14,16,28H,1-2H3;2-13H,1H3,(H,25,26,28)/t19-;15-;16-;13-/m0000/s1. The van der Waals surface area contributed by atoms with Crippen LogP contribution in [0.1, 0.15) is 91.7 Å². The molecule has 0 aliphatic carbocycles. The number of aromatic nitrogens is 19. The molecule has 646 valence electrons. The van der Waals surface area contributed by atoms with E-state index in [1.165, 1.54) is 39.7 Å². The van der Waals surface area contributed by atoms with E-state index in [-0.39, 0.29) is 46.4 Å². The van der Waals surface area contributed by atoms with Crippen molar-refractivity contribution in [2.24, 2.45) is 7.05 Å². The van der Waals surface area contributed by atoms with Crippen molar-refractivity contribution in [2.45, 2.75) is 72.6 Å². The molecule has 27 nitrogen and oxygen atoms in total. The van der Waals surface area contributed by atoms with E-state index in [1.54, 1.807) is 124 Å². The Labute approximate surface area is 754 Å². The van der Waals surface area contributed by atoms with Gasteiger partial charge in [-0.3, -0.25) is 42.1 Å². The van der Waals surface area contributed by atoms with E-state index in [2.05, 4.69) is 84.7 Å². The fraction of sp³-hybridized carbons (Fsp3) is 0.122. The molecule has 0 saturated heterocycles. The van der Waals surface area contributed by atoms with E-state index in [0.29, 0.717) is 82.0 Å². The van der Waals surface area contributed by atoms with Crippen LogP contribution in [0.4, 0.5) is 31.8 Å². The lowest BCUT2D eigenvalue weighted by atomic mass is 9.99. The van der Waals surface area contributed by atoms with E-state index in [4.69, 9.17) is 34.8 Å². The topological polar surface area (TPSA) is 288 Å². The smallest absolute Gasteiger partial charge is 0.264 e. The van der Waals surface area contributed by atoms with Gasteiger partial charge < -0.3 is 21.3 Å². The molecule has 0 radical (unpaired) electrons. The molecule has 0 amide bonds. The second-order valence-corrected chi connectivity index (χ2v) is 32.4. The molecule has 0 aliphatic rings. The predicted molar refractivity (Wildman–Crippen MR) is 507 cm³/mol. The van der Waals surface area contributed by atoms with Crippen molar-refractivity contribution in [3.8, 4) is 33.9 Å². The van der Waals surface area contributed by atoms with Crippen LogP contribution in [0.15, 0.2) is 312 Å². The highest BCUT2D eigenvalue weighted by Gasteiger charge is 2.26. The van der Waals surface area contributed by atoms with Gasteiger partial charge in [0.1, 0.15) is 18.0 Å². The summed E-state index contributed by atoms with van der Waals surface area (Å²) < 4.78 is 43.1. The number of hydrogen-bond donors (Lipinski definition) is 4. The second-order valence-electron chi connectivity index (χ2n) is 31.2. The van der Waals surface area contributed by atoms with Crippen LogP contribution in [0.5, 0.6) is 0 Å². The van der Waals surface area contributed by atoms with Gasteiger partial charge >= 0.3 is 0 Å². The molecule has 21 aromatic rings. The van der Waals surface area contributed by atoms with Crippen LogP contribution in [0.25, 0.3) is 99.6 Å². The number of anilines is 4. The molecule has 4 atom stereocenters. The normalized spacial score (nSPS) is 12.3. The number of imidazole rings is 3. The minimum absolute atomic E-state index is 0.0710. The van der Waals surface area contributed by atoms with Gasteiger partial charge in [-0.25, -0.2) is 47.2 Å². The number of fused-ring (bicyclic) bond motifs is 8. The first-order chi connectivity index (χ1) is 63.0. The Morgan fingerprint density at radius 1 is 0.354 bits per heavy atom. The molecule has 8 aromatic carbocycles. The van der Waals surface area contributed by atoms with Crippen LogP contribution in [-0.4, -0.2) is 91.4 Å². The van der Waals surface area contributed by atoms with E-state index < -0.39 is 11.6 Å². The Bertz CT molecular complexity index is 8190. The molecule has 0 bridgehead atoms. The van der Waals surface area contributed by atoms with Gasteiger partial charge in [0, 0.05) is 59.0 Å². The Hall–Kier alpha value is -15.9. The fourth-order valence-corrected chi connectivity index (χ4v) is 17.1. The largest absolute Gasteiger partial charge is 0.374 e. The minimum atomic E-state index is -0.440. The summed E-state index contributed by atoms with van der Waals surface area (Å²) in [5, 5.41) is 41.5. The first-order valence-electron chi connectivity index (χ1n) is 41.4. The zero-order chi connectivity index (χ0) is 90.3. The van der Waals surface area contributed by atoms with Gasteiger partial charge in [-0.05, 0) is 197 Å². The molecule has 0 spiro atoms. The first kappa shape index (κ1) is 85.0. The van der Waals surface area contributed by atoms with Crippen molar-refractivity contribution in [3.05, 3.63) is 401 Å². The summed E-state index contributed by atoms with van der Waals surface area (Å²) in [6.45, 7) is 13.7. The molecule has 0 aliphatic heterocycles. The highest BCUT2D eigenvalue weighted by atomic mass is 35.5. The first-order valence-corrected chi connectivity index (χ1v) is 42.6. The Morgan fingerprint density at radius 3 is 1.10 bits per heavy atom. The maximum Gasteiger partial charge on any atom is 0.264 e. The summed E-state index contributed by atoms with van der Waals surface area (Å²) in [6.07, 6.45) is 17.5. The lowest BCUT2D eigenvalue weighted by molar-refractivity contribution is 0.625. The van der Waals surface area contributed by atoms with Crippen LogP contribution < -0.4 is 43.5 Å². The van der Waals surface area contributed by atoms with Crippen LogP contribution in [-0.2, 0) is 7.05 Å². The number of benzene rings is 8. The second kappa shape index (κ2) is 35.9. The molecular formula is C98H80Cl3F2N23O4. The van der Waals surface area contributed by atoms with Gasteiger partial charge in [0.05, 0.1) is 156 Å². The van der Waals surface area contributed by atoms with E-state index in [9.17, 15) is 28.0 Å². The van der Waals surface area contributed by atoms with E-state index >= 15 is 0 Å². The molecule has 13 aromatic heterocycles. The van der Waals surface area contributed by atoms with Crippen LogP contribution in [0, 0.1) is 32.4 Å². The molecular weight excluding hydrogens is 1710 g/mol. The minimum Gasteiger partial charge on any atom is -0.374 e. The average molecular weight is 1790 g/mol. The number of halogens is 5. The number of pyridine rings is 4. The van der Waals surface area contributed by atoms with Gasteiger partial charge in [-0.2, -0.15) is 30.0 Å². The monoisotopic (exact) mass is 1790 g/mol. The molecule has 0 fully saturated rings. The summed E-state index contributed by atoms with van der Waals surface area (Å²) in [5.41, 5.74) is 14.2. The number of nitrogens with one attached hydrogen (secondary N) is 4. The summed E-state index contributed by atoms with van der Waals surface area (Å²) >= 11 is 19.1. The quantitative estimate of drug-likeness (QED) is 0.0659. The third-order valence-electron chi connectivity index (χ3n) is 22.2. The van der Waals surface area contributed by atoms with Crippen LogP contribution in [0.2, 0.25) is 15.1 Å². The molecule has 21 rings (SSSR count). The maximum atomic E-state index is 14.2. The SMILES string of the molecule is C[C@H](Nc1ncnc2ccnn12)c1cc2cccc(Cl)c2c(=O)n1-c1cccc(F)c1.Cc1cn2nccc(N[C@@H](C)c3cc4cccc(-c5cnn(C)c5)c4c(=O)n3-c3ccccc3)c2n1.Cc1cn2nccc(N[C@@H](C)c3cc4cccc(Cl)c4c(=O)n3-c3cccc(F)c3)c2n1.Cc1cn2nccc(N[C@@H](C)c3cc4cccc(Cl)c4c(=O)n3-c3ccccc3)c2n1. The zero-order valence-corrected chi connectivity index (χ0v) is 73.3.